The van der Waals surface area contributed by atoms with Crippen LogP contribution in [0, 0.1) is 0 Å². The molecule has 0 aromatic carbocycles. The minimum absolute atomic E-state index is 0.156. The molecular formula is C6H12O5. The fourth-order valence-electron chi connectivity index (χ4n) is 0.522. The van der Waals surface area contributed by atoms with Gasteiger partial charge in [0.15, 0.2) is 5.79 Å². The predicted octanol–water partition coefficient (Wildman–Crippen LogP) is 0.402. The second-order valence-corrected chi connectivity index (χ2v) is 2.18. The van der Waals surface area contributed by atoms with Crippen molar-refractivity contribution < 1.29 is 24.4 Å². The van der Waals surface area contributed by atoms with Gasteiger partial charge in [0.25, 0.3) is 0 Å². The number of carbonyl (C=O) groups excluding carboxylic acids is 1. The number of rotatable bonds is 4. The van der Waals surface area contributed by atoms with E-state index in [1.165, 1.54) is 14.2 Å². The lowest BCUT2D eigenvalue weighted by Crippen LogP contribution is -2.33. The van der Waals surface area contributed by atoms with Crippen LogP contribution in [0.3, 0.4) is 0 Å². The van der Waals surface area contributed by atoms with E-state index in [1.807, 2.05) is 0 Å². The molecule has 5 heteroatoms. The average Bonchev–Trinajstić information content (AvgIpc) is 2.04. The number of ether oxygens (including phenoxy) is 2. The SMILES string of the molecule is COC(C)(CC(=O)OO)OC. The van der Waals surface area contributed by atoms with Crippen LogP contribution in [0.5, 0.6) is 0 Å². The first kappa shape index (κ1) is 10.3. The summed E-state index contributed by atoms with van der Waals surface area (Å²) >= 11 is 0. The molecular weight excluding hydrogens is 152 g/mol. The molecule has 0 aromatic heterocycles. The van der Waals surface area contributed by atoms with Crippen molar-refractivity contribution in [1.82, 2.24) is 0 Å². The highest BCUT2D eigenvalue weighted by molar-refractivity contribution is 5.69. The molecule has 0 amide bonds. The molecule has 0 spiro atoms. The Bertz CT molecular complexity index is 129. The maximum Gasteiger partial charge on any atom is 0.347 e. The Balaban J connectivity index is 3.96. The molecule has 0 saturated carbocycles. The monoisotopic (exact) mass is 164 g/mol. The minimum Gasteiger partial charge on any atom is -0.353 e. The van der Waals surface area contributed by atoms with E-state index >= 15 is 0 Å². The Morgan fingerprint density at radius 1 is 1.45 bits per heavy atom. The molecule has 0 rings (SSSR count). The highest BCUT2D eigenvalue weighted by Gasteiger charge is 2.27. The van der Waals surface area contributed by atoms with E-state index in [9.17, 15) is 4.79 Å². The Kier molecular flexibility index (Phi) is 4.02. The molecule has 0 radical (unpaired) electrons. The summed E-state index contributed by atoms with van der Waals surface area (Å²) in [7, 11) is 2.79. The molecule has 5 nitrogen and oxygen atoms in total. The quantitative estimate of drug-likeness (QED) is 0.370. The molecule has 11 heavy (non-hydrogen) atoms. The topological polar surface area (TPSA) is 65.0 Å². The summed E-state index contributed by atoms with van der Waals surface area (Å²) in [6, 6.07) is 0. The van der Waals surface area contributed by atoms with Gasteiger partial charge in [-0.25, -0.2) is 4.79 Å². The summed E-state index contributed by atoms with van der Waals surface area (Å²) in [6.07, 6.45) is -0.156. The Morgan fingerprint density at radius 2 is 1.91 bits per heavy atom. The molecule has 0 aliphatic carbocycles. The van der Waals surface area contributed by atoms with E-state index in [0.717, 1.165) is 0 Å². The summed E-state index contributed by atoms with van der Waals surface area (Å²) in [5.41, 5.74) is 0. The Morgan fingerprint density at radius 3 is 2.18 bits per heavy atom. The van der Waals surface area contributed by atoms with Gasteiger partial charge in [-0.15, -0.1) is 0 Å². The first-order valence-electron chi connectivity index (χ1n) is 3.02. The molecule has 0 bridgehead atoms. The first-order chi connectivity index (χ1) is 5.08. The zero-order valence-corrected chi connectivity index (χ0v) is 6.79. The van der Waals surface area contributed by atoms with Gasteiger partial charge < -0.3 is 14.4 Å². The summed E-state index contributed by atoms with van der Waals surface area (Å²) < 4.78 is 9.65. The lowest BCUT2D eigenvalue weighted by molar-refractivity contribution is -0.253. The van der Waals surface area contributed by atoms with Gasteiger partial charge >= 0.3 is 5.97 Å². The zero-order valence-electron chi connectivity index (χ0n) is 6.79. The van der Waals surface area contributed by atoms with Crippen molar-refractivity contribution in [3.8, 4) is 0 Å². The van der Waals surface area contributed by atoms with Crippen molar-refractivity contribution in [2.24, 2.45) is 0 Å². The molecule has 0 unspecified atom stereocenters. The fraction of sp³-hybridized carbons (Fsp3) is 0.833. The largest absolute Gasteiger partial charge is 0.353 e. The maximum atomic E-state index is 10.5. The maximum absolute atomic E-state index is 10.5. The van der Waals surface area contributed by atoms with E-state index in [4.69, 9.17) is 14.7 Å². The van der Waals surface area contributed by atoms with E-state index in [-0.39, 0.29) is 6.42 Å². The van der Waals surface area contributed by atoms with Crippen LogP contribution in [0.25, 0.3) is 0 Å². The molecule has 1 N–H and O–H groups in total. The van der Waals surface area contributed by atoms with Gasteiger partial charge in [0, 0.05) is 14.2 Å². The number of methoxy groups -OCH3 is 2. The van der Waals surface area contributed by atoms with Crippen LogP contribution in [0.2, 0.25) is 0 Å². The second kappa shape index (κ2) is 4.27. The lowest BCUT2D eigenvalue weighted by Gasteiger charge is -2.24. The van der Waals surface area contributed by atoms with Crippen molar-refractivity contribution in [3.05, 3.63) is 0 Å². The third-order valence-electron chi connectivity index (χ3n) is 1.43. The molecule has 0 heterocycles. The molecule has 0 fully saturated rings. The molecule has 0 aliphatic heterocycles. The Labute approximate surface area is 64.8 Å². The van der Waals surface area contributed by atoms with Crippen LogP contribution in [0.15, 0.2) is 0 Å². The summed E-state index contributed by atoms with van der Waals surface area (Å²) in [5.74, 6) is -1.82. The van der Waals surface area contributed by atoms with Gasteiger partial charge in [-0.1, -0.05) is 0 Å². The smallest absolute Gasteiger partial charge is 0.347 e. The van der Waals surface area contributed by atoms with Gasteiger partial charge in [-0.2, -0.15) is 5.26 Å². The van der Waals surface area contributed by atoms with Crippen molar-refractivity contribution in [2.75, 3.05) is 14.2 Å². The highest BCUT2D eigenvalue weighted by Crippen LogP contribution is 2.14. The third-order valence-corrected chi connectivity index (χ3v) is 1.43. The lowest BCUT2D eigenvalue weighted by atomic mass is 10.2. The van der Waals surface area contributed by atoms with Crippen molar-refractivity contribution in [1.29, 1.82) is 0 Å². The van der Waals surface area contributed by atoms with Crippen molar-refractivity contribution >= 4 is 5.97 Å². The van der Waals surface area contributed by atoms with E-state index < -0.39 is 11.8 Å². The standard InChI is InChI=1S/C6H12O5/c1-6(9-2,10-3)4-5(7)11-8/h8H,4H2,1-3H3. The molecule has 0 saturated heterocycles. The van der Waals surface area contributed by atoms with Crippen LogP contribution in [0.1, 0.15) is 13.3 Å². The number of carbonyl (C=O) groups is 1. The average molecular weight is 164 g/mol. The van der Waals surface area contributed by atoms with Gasteiger partial charge in [0.1, 0.15) is 6.42 Å². The van der Waals surface area contributed by atoms with Crippen LogP contribution in [-0.4, -0.2) is 31.2 Å². The number of hydrogen-bond donors (Lipinski definition) is 1. The van der Waals surface area contributed by atoms with Crippen molar-refractivity contribution in [3.63, 3.8) is 0 Å². The van der Waals surface area contributed by atoms with Gasteiger partial charge in [-0.05, 0) is 6.92 Å². The van der Waals surface area contributed by atoms with Gasteiger partial charge in [-0.3, -0.25) is 0 Å². The van der Waals surface area contributed by atoms with Crippen LogP contribution >= 0.6 is 0 Å². The fourth-order valence-corrected chi connectivity index (χ4v) is 0.522. The van der Waals surface area contributed by atoms with E-state index in [2.05, 4.69) is 4.89 Å². The molecule has 66 valence electrons. The summed E-state index contributed by atoms with van der Waals surface area (Å²) in [6.45, 7) is 1.56. The zero-order chi connectivity index (χ0) is 8.91. The minimum atomic E-state index is -1.03. The normalized spacial score (nSPS) is 11.3. The van der Waals surface area contributed by atoms with Gasteiger partial charge in [0.05, 0.1) is 0 Å². The van der Waals surface area contributed by atoms with Crippen LogP contribution in [-0.2, 0) is 19.2 Å². The summed E-state index contributed by atoms with van der Waals surface area (Å²) in [5, 5.41) is 7.93. The molecule has 0 atom stereocenters. The molecule has 0 aliphatic rings. The third kappa shape index (κ3) is 3.31. The van der Waals surface area contributed by atoms with Gasteiger partial charge in [0.2, 0.25) is 0 Å². The molecule has 0 aromatic rings. The first-order valence-corrected chi connectivity index (χ1v) is 3.02. The van der Waals surface area contributed by atoms with E-state index in [1.54, 1.807) is 6.92 Å². The van der Waals surface area contributed by atoms with Crippen LogP contribution in [0.4, 0.5) is 0 Å². The predicted molar refractivity (Wildman–Crippen MR) is 35.8 cm³/mol. The highest BCUT2D eigenvalue weighted by atomic mass is 17.1. The second-order valence-electron chi connectivity index (χ2n) is 2.18. The van der Waals surface area contributed by atoms with E-state index in [0.29, 0.717) is 0 Å². The van der Waals surface area contributed by atoms with Crippen LogP contribution < -0.4 is 0 Å². The number of hydrogen-bond acceptors (Lipinski definition) is 5. The summed E-state index contributed by atoms with van der Waals surface area (Å²) in [4.78, 5) is 14.0. The van der Waals surface area contributed by atoms with Crippen molar-refractivity contribution in [2.45, 2.75) is 19.1 Å². The Hall–Kier alpha value is -0.650.